The van der Waals surface area contributed by atoms with Crippen molar-refractivity contribution >= 4 is 11.9 Å². The van der Waals surface area contributed by atoms with Crippen LogP contribution in [0.5, 0.6) is 0 Å². The van der Waals surface area contributed by atoms with Crippen molar-refractivity contribution in [2.45, 2.75) is 20.3 Å². The lowest BCUT2D eigenvalue weighted by molar-refractivity contribution is -0.138. The van der Waals surface area contributed by atoms with Gasteiger partial charge in [0.25, 0.3) is 0 Å². The van der Waals surface area contributed by atoms with E-state index in [0.29, 0.717) is 18.6 Å². The highest BCUT2D eigenvalue weighted by molar-refractivity contribution is 5.97. The second-order valence-corrected chi connectivity index (χ2v) is 2.15. The number of primary amides is 1. The molecule has 4 heteroatoms. The summed E-state index contributed by atoms with van der Waals surface area (Å²) in [6, 6.07) is 0. The minimum Gasteiger partial charge on any atom is -0.463 e. The summed E-state index contributed by atoms with van der Waals surface area (Å²) in [4.78, 5) is 21.4. The molecule has 0 aliphatic heterocycles. The molecule has 0 saturated heterocycles. The van der Waals surface area contributed by atoms with E-state index >= 15 is 0 Å². The van der Waals surface area contributed by atoms with E-state index in [4.69, 9.17) is 5.73 Å². The van der Waals surface area contributed by atoms with Crippen LogP contribution in [0.1, 0.15) is 20.3 Å². The van der Waals surface area contributed by atoms with Crippen molar-refractivity contribution in [3.05, 3.63) is 11.6 Å². The van der Waals surface area contributed by atoms with Crippen molar-refractivity contribution < 1.29 is 14.3 Å². The van der Waals surface area contributed by atoms with E-state index in [1.807, 2.05) is 0 Å². The average molecular weight is 171 g/mol. The summed E-state index contributed by atoms with van der Waals surface area (Å²) in [5.41, 5.74) is 5.19. The van der Waals surface area contributed by atoms with E-state index in [2.05, 4.69) is 4.74 Å². The number of carbonyl (C=O) groups is 2. The Hall–Kier alpha value is -1.32. The molecule has 0 aliphatic rings. The summed E-state index contributed by atoms with van der Waals surface area (Å²) < 4.78 is 4.68. The maximum atomic E-state index is 11.0. The van der Waals surface area contributed by atoms with Crippen LogP contribution in [0.15, 0.2) is 11.6 Å². The highest BCUT2D eigenvalue weighted by Gasteiger charge is 2.08. The monoisotopic (exact) mass is 171 g/mol. The summed E-state index contributed by atoms with van der Waals surface area (Å²) in [5.74, 6) is -1.10. The third-order valence-corrected chi connectivity index (χ3v) is 1.24. The SMILES string of the molecule is CCOC(=O)/C(=C\C(N)=O)CC. The molecule has 0 unspecified atom stereocenters. The first-order chi connectivity index (χ1) is 5.61. The Bertz CT molecular complexity index is 208. The molecule has 0 aromatic heterocycles. The number of hydrogen-bond acceptors (Lipinski definition) is 3. The van der Waals surface area contributed by atoms with E-state index < -0.39 is 11.9 Å². The van der Waals surface area contributed by atoms with Gasteiger partial charge in [-0.2, -0.15) is 0 Å². The molecule has 0 saturated carbocycles. The van der Waals surface area contributed by atoms with Crippen LogP contribution in [-0.2, 0) is 14.3 Å². The highest BCUT2D eigenvalue weighted by Crippen LogP contribution is 2.02. The molecule has 4 nitrogen and oxygen atoms in total. The van der Waals surface area contributed by atoms with Gasteiger partial charge < -0.3 is 10.5 Å². The molecular formula is C8H13NO3. The van der Waals surface area contributed by atoms with Gasteiger partial charge >= 0.3 is 5.97 Å². The standard InChI is InChI=1S/C8H13NO3/c1-3-6(5-7(9)10)8(11)12-4-2/h5H,3-4H2,1-2H3,(H2,9,10)/b6-5-. The smallest absolute Gasteiger partial charge is 0.334 e. The van der Waals surface area contributed by atoms with Crippen LogP contribution in [0.3, 0.4) is 0 Å². The van der Waals surface area contributed by atoms with Gasteiger partial charge in [0.1, 0.15) is 0 Å². The van der Waals surface area contributed by atoms with E-state index in [-0.39, 0.29) is 0 Å². The van der Waals surface area contributed by atoms with Gasteiger partial charge in [0.05, 0.1) is 6.61 Å². The number of carbonyl (C=O) groups excluding carboxylic acids is 2. The van der Waals surface area contributed by atoms with Crippen molar-refractivity contribution in [3.8, 4) is 0 Å². The Balaban J connectivity index is 4.34. The van der Waals surface area contributed by atoms with Crippen molar-refractivity contribution in [3.63, 3.8) is 0 Å². The van der Waals surface area contributed by atoms with Gasteiger partial charge in [0, 0.05) is 11.6 Å². The van der Waals surface area contributed by atoms with Crippen LogP contribution in [0, 0.1) is 0 Å². The first-order valence-corrected chi connectivity index (χ1v) is 3.78. The molecule has 0 heterocycles. The largest absolute Gasteiger partial charge is 0.463 e. The fraction of sp³-hybridized carbons (Fsp3) is 0.500. The van der Waals surface area contributed by atoms with Gasteiger partial charge in [-0.3, -0.25) is 4.79 Å². The molecule has 2 N–H and O–H groups in total. The van der Waals surface area contributed by atoms with Crippen molar-refractivity contribution in [2.24, 2.45) is 5.73 Å². The van der Waals surface area contributed by atoms with Crippen molar-refractivity contribution in [1.29, 1.82) is 0 Å². The summed E-state index contributed by atoms with van der Waals surface area (Å²) >= 11 is 0. The van der Waals surface area contributed by atoms with E-state index in [1.54, 1.807) is 13.8 Å². The zero-order chi connectivity index (χ0) is 9.56. The third-order valence-electron chi connectivity index (χ3n) is 1.24. The number of ether oxygens (including phenoxy) is 1. The van der Waals surface area contributed by atoms with Gasteiger partial charge in [-0.25, -0.2) is 4.79 Å². The van der Waals surface area contributed by atoms with Gasteiger partial charge in [-0.15, -0.1) is 0 Å². The Labute approximate surface area is 71.4 Å². The molecular weight excluding hydrogens is 158 g/mol. The fourth-order valence-corrected chi connectivity index (χ4v) is 0.701. The molecule has 0 rings (SSSR count). The summed E-state index contributed by atoms with van der Waals surface area (Å²) in [5, 5.41) is 0. The summed E-state index contributed by atoms with van der Waals surface area (Å²) in [7, 11) is 0. The quantitative estimate of drug-likeness (QED) is 0.490. The molecule has 0 aromatic carbocycles. The minimum absolute atomic E-state index is 0.301. The summed E-state index contributed by atoms with van der Waals surface area (Å²) in [6.45, 7) is 3.76. The molecule has 0 aromatic rings. The number of esters is 1. The Morgan fingerprint density at radius 2 is 2.00 bits per heavy atom. The van der Waals surface area contributed by atoms with Crippen molar-refractivity contribution in [2.75, 3.05) is 6.61 Å². The second-order valence-electron chi connectivity index (χ2n) is 2.15. The maximum Gasteiger partial charge on any atom is 0.334 e. The second kappa shape index (κ2) is 5.35. The van der Waals surface area contributed by atoms with E-state index in [9.17, 15) is 9.59 Å². The molecule has 68 valence electrons. The molecule has 0 bridgehead atoms. The predicted octanol–water partition coefficient (Wildman–Crippen LogP) is 0.371. The number of nitrogens with two attached hydrogens (primary N) is 1. The normalized spacial score (nSPS) is 11.0. The highest BCUT2D eigenvalue weighted by atomic mass is 16.5. The zero-order valence-electron chi connectivity index (χ0n) is 7.29. The maximum absolute atomic E-state index is 11.0. The van der Waals surface area contributed by atoms with Crippen LogP contribution in [0.2, 0.25) is 0 Å². The zero-order valence-corrected chi connectivity index (χ0v) is 7.29. The molecule has 0 aliphatic carbocycles. The molecule has 0 radical (unpaired) electrons. The minimum atomic E-state index is -0.625. The lowest BCUT2D eigenvalue weighted by Crippen LogP contribution is -2.13. The van der Waals surface area contributed by atoms with E-state index in [0.717, 1.165) is 6.08 Å². The van der Waals surface area contributed by atoms with Crippen LogP contribution in [0.4, 0.5) is 0 Å². The molecule has 0 atom stereocenters. The van der Waals surface area contributed by atoms with Crippen molar-refractivity contribution in [1.82, 2.24) is 0 Å². The first-order valence-electron chi connectivity index (χ1n) is 3.78. The third kappa shape index (κ3) is 3.75. The Kier molecular flexibility index (Phi) is 4.76. The molecule has 0 spiro atoms. The summed E-state index contributed by atoms with van der Waals surface area (Å²) in [6.07, 6.45) is 1.54. The van der Waals surface area contributed by atoms with Gasteiger partial charge in [-0.05, 0) is 13.3 Å². The van der Waals surface area contributed by atoms with Crippen LogP contribution >= 0.6 is 0 Å². The lowest BCUT2D eigenvalue weighted by atomic mass is 10.2. The fourth-order valence-electron chi connectivity index (χ4n) is 0.701. The Morgan fingerprint density at radius 3 is 2.33 bits per heavy atom. The Morgan fingerprint density at radius 1 is 1.42 bits per heavy atom. The predicted molar refractivity (Wildman–Crippen MR) is 44.2 cm³/mol. The topological polar surface area (TPSA) is 69.4 Å². The van der Waals surface area contributed by atoms with Gasteiger partial charge in [-0.1, -0.05) is 6.92 Å². The molecule has 0 fully saturated rings. The number of amides is 1. The average Bonchev–Trinajstić information content (AvgIpc) is 2.00. The molecule has 12 heavy (non-hydrogen) atoms. The van der Waals surface area contributed by atoms with Crippen LogP contribution < -0.4 is 5.73 Å². The molecule has 1 amide bonds. The van der Waals surface area contributed by atoms with Gasteiger partial charge in [0.15, 0.2) is 0 Å². The number of hydrogen-bond donors (Lipinski definition) is 1. The lowest BCUT2D eigenvalue weighted by Gasteiger charge is -2.02. The van der Waals surface area contributed by atoms with Crippen LogP contribution in [0.25, 0.3) is 0 Å². The van der Waals surface area contributed by atoms with Crippen LogP contribution in [-0.4, -0.2) is 18.5 Å². The van der Waals surface area contributed by atoms with Gasteiger partial charge in [0.2, 0.25) is 5.91 Å². The van der Waals surface area contributed by atoms with E-state index in [1.165, 1.54) is 0 Å². The first kappa shape index (κ1) is 10.7. The number of rotatable bonds is 4.